The number of amides is 1. The highest BCUT2D eigenvalue weighted by Crippen LogP contribution is 2.32. The van der Waals surface area contributed by atoms with Gasteiger partial charge in [-0.25, -0.2) is 4.98 Å². The summed E-state index contributed by atoms with van der Waals surface area (Å²) in [4.78, 5) is 17.2. The quantitative estimate of drug-likeness (QED) is 0.674. The van der Waals surface area contributed by atoms with Gasteiger partial charge in [-0.15, -0.1) is 11.3 Å². The number of hydrogen-bond donors (Lipinski definition) is 1. The minimum atomic E-state index is -0.241. The van der Waals surface area contributed by atoms with Crippen LogP contribution in [-0.4, -0.2) is 25.1 Å². The van der Waals surface area contributed by atoms with Gasteiger partial charge in [-0.1, -0.05) is 17.7 Å². The third-order valence-electron chi connectivity index (χ3n) is 4.30. The first-order valence-corrected chi connectivity index (χ1v) is 9.38. The van der Waals surface area contributed by atoms with E-state index in [9.17, 15) is 4.79 Å². The van der Waals surface area contributed by atoms with Crippen LogP contribution in [0.25, 0.3) is 11.3 Å². The standard InChI is InChI=1S/C21H22N2O3S/c1-12-8-13(2)19(14(3)9-12)16-11-27-21(22-16)23-20(24)15-6-7-17(25-4)18(10-15)26-5/h6-11H,1-5H3,(H,22,23,24). The van der Waals surface area contributed by atoms with E-state index in [1.54, 1.807) is 32.4 Å². The minimum absolute atomic E-state index is 0.241. The topological polar surface area (TPSA) is 60.5 Å². The summed E-state index contributed by atoms with van der Waals surface area (Å²) < 4.78 is 10.5. The van der Waals surface area contributed by atoms with E-state index in [0.29, 0.717) is 22.2 Å². The van der Waals surface area contributed by atoms with Crippen LogP contribution in [0, 0.1) is 20.8 Å². The van der Waals surface area contributed by atoms with Gasteiger partial charge in [0.15, 0.2) is 16.6 Å². The summed E-state index contributed by atoms with van der Waals surface area (Å²) in [7, 11) is 3.10. The summed E-state index contributed by atoms with van der Waals surface area (Å²) in [6.07, 6.45) is 0. The second-order valence-electron chi connectivity index (χ2n) is 6.34. The molecule has 0 atom stereocenters. The van der Waals surface area contributed by atoms with E-state index in [1.807, 2.05) is 5.38 Å². The van der Waals surface area contributed by atoms with Gasteiger partial charge in [0.05, 0.1) is 19.9 Å². The predicted molar refractivity (Wildman–Crippen MR) is 109 cm³/mol. The van der Waals surface area contributed by atoms with Crippen molar-refractivity contribution in [2.45, 2.75) is 20.8 Å². The SMILES string of the molecule is COc1ccc(C(=O)Nc2nc(-c3c(C)cc(C)cc3C)cs2)cc1OC. The van der Waals surface area contributed by atoms with Crippen LogP contribution in [0.3, 0.4) is 0 Å². The van der Waals surface area contributed by atoms with Crippen molar-refractivity contribution < 1.29 is 14.3 Å². The summed E-state index contributed by atoms with van der Waals surface area (Å²) in [5.41, 5.74) is 6.05. The molecule has 0 aliphatic rings. The number of thiazole rings is 1. The predicted octanol–water partition coefficient (Wildman–Crippen LogP) is 5.00. The first-order chi connectivity index (χ1) is 12.9. The number of methoxy groups -OCH3 is 2. The molecular formula is C21H22N2O3S. The second kappa shape index (κ2) is 7.80. The highest BCUT2D eigenvalue weighted by atomic mass is 32.1. The number of nitrogens with zero attached hydrogens (tertiary/aromatic N) is 1. The molecule has 5 nitrogen and oxygen atoms in total. The smallest absolute Gasteiger partial charge is 0.257 e. The van der Waals surface area contributed by atoms with Crippen molar-refractivity contribution in [1.82, 2.24) is 4.98 Å². The van der Waals surface area contributed by atoms with Crippen LogP contribution in [0.5, 0.6) is 11.5 Å². The van der Waals surface area contributed by atoms with Gasteiger partial charge in [0, 0.05) is 16.5 Å². The van der Waals surface area contributed by atoms with Gasteiger partial charge < -0.3 is 9.47 Å². The number of nitrogens with one attached hydrogen (secondary N) is 1. The first kappa shape index (κ1) is 18.9. The van der Waals surface area contributed by atoms with Gasteiger partial charge in [0.2, 0.25) is 0 Å². The van der Waals surface area contributed by atoms with Crippen LogP contribution < -0.4 is 14.8 Å². The maximum absolute atomic E-state index is 12.6. The molecule has 0 aliphatic heterocycles. The highest BCUT2D eigenvalue weighted by Gasteiger charge is 2.15. The molecule has 0 bridgehead atoms. The molecule has 140 valence electrons. The molecule has 1 amide bonds. The summed E-state index contributed by atoms with van der Waals surface area (Å²) in [6, 6.07) is 9.34. The van der Waals surface area contributed by atoms with Crippen LogP contribution in [0.15, 0.2) is 35.7 Å². The maximum Gasteiger partial charge on any atom is 0.257 e. The molecule has 1 heterocycles. The van der Waals surface area contributed by atoms with Gasteiger partial charge >= 0.3 is 0 Å². The van der Waals surface area contributed by atoms with Gasteiger partial charge in [-0.05, 0) is 50.1 Å². The number of rotatable bonds is 5. The molecule has 0 saturated heterocycles. The van der Waals surface area contributed by atoms with E-state index in [4.69, 9.17) is 9.47 Å². The van der Waals surface area contributed by atoms with E-state index in [-0.39, 0.29) is 5.91 Å². The van der Waals surface area contributed by atoms with Gasteiger partial charge in [-0.2, -0.15) is 0 Å². The summed E-state index contributed by atoms with van der Waals surface area (Å²) >= 11 is 1.41. The average Bonchev–Trinajstić information content (AvgIpc) is 3.08. The molecule has 0 saturated carbocycles. The Bertz CT molecular complexity index is 972. The van der Waals surface area contributed by atoms with Gasteiger partial charge in [0.25, 0.3) is 5.91 Å². The third-order valence-corrected chi connectivity index (χ3v) is 5.06. The minimum Gasteiger partial charge on any atom is -0.493 e. The number of hydrogen-bond acceptors (Lipinski definition) is 5. The molecule has 27 heavy (non-hydrogen) atoms. The Balaban J connectivity index is 1.83. The summed E-state index contributed by atoms with van der Waals surface area (Å²) in [6.45, 7) is 6.24. The largest absolute Gasteiger partial charge is 0.493 e. The van der Waals surface area contributed by atoms with E-state index in [1.165, 1.54) is 28.0 Å². The van der Waals surface area contributed by atoms with Crippen molar-refractivity contribution in [2.75, 3.05) is 19.5 Å². The molecule has 3 rings (SSSR count). The zero-order chi connectivity index (χ0) is 19.6. The van der Waals surface area contributed by atoms with Crippen LogP contribution in [0.1, 0.15) is 27.0 Å². The normalized spacial score (nSPS) is 10.6. The van der Waals surface area contributed by atoms with Crippen molar-refractivity contribution in [2.24, 2.45) is 0 Å². The molecular weight excluding hydrogens is 360 g/mol. The Hall–Kier alpha value is -2.86. The lowest BCUT2D eigenvalue weighted by Gasteiger charge is -2.09. The lowest BCUT2D eigenvalue weighted by Crippen LogP contribution is -2.12. The summed E-state index contributed by atoms with van der Waals surface area (Å²) in [5, 5.41) is 5.39. The number of aromatic nitrogens is 1. The molecule has 0 aliphatic carbocycles. The number of ether oxygens (including phenoxy) is 2. The first-order valence-electron chi connectivity index (χ1n) is 8.50. The lowest BCUT2D eigenvalue weighted by atomic mass is 9.98. The number of anilines is 1. The van der Waals surface area contributed by atoms with Crippen LogP contribution >= 0.6 is 11.3 Å². The number of carbonyl (C=O) groups is 1. The lowest BCUT2D eigenvalue weighted by molar-refractivity contribution is 0.102. The Kier molecular flexibility index (Phi) is 5.46. The highest BCUT2D eigenvalue weighted by molar-refractivity contribution is 7.14. The van der Waals surface area contributed by atoms with E-state index >= 15 is 0 Å². The van der Waals surface area contributed by atoms with Crippen LogP contribution in [0.2, 0.25) is 0 Å². The van der Waals surface area contributed by atoms with E-state index in [0.717, 1.165) is 11.3 Å². The molecule has 3 aromatic rings. The number of aryl methyl sites for hydroxylation is 3. The molecule has 1 aromatic heterocycles. The molecule has 0 fully saturated rings. The Labute approximate surface area is 163 Å². The number of benzene rings is 2. The van der Waals surface area contributed by atoms with Crippen molar-refractivity contribution in [3.05, 3.63) is 58.0 Å². The van der Waals surface area contributed by atoms with Crippen molar-refractivity contribution in [3.8, 4) is 22.8 Å². The molecule has 0 spiro atoms. The Morgan fingerprint density at radius 3 is 2.30 bits per heavy atom. The van der Waals surface area contributed by atoms with E-state index < -0.39 is 0 Å². The van der Waals surface area contributed by atoms with Gasteiger partial charge in [0.1, 0.15) is 0 Å². The Morgan fingerprint density at radius 2 is 1.67 bits per heavy atom. The zero-order valence-corrected chi connectivity index (χ0v) is 16.9. The van der Waals surface area contributed by atoms with E-state index in [2.05, 4.69) is 43.2 Å². The van der Waals surface area contributed by atoms with Crippen molar-refractivity contribution >= 4 is 22.4 Å². The molecule has 0 unspecified atom stereocenters. The molecule has 6 heteroatoms. The Morgan fingerprint density at radius 1 is 1.00 bits per heavy atom. The van der Waals surface area contributed by atoms with Gasteiger partial charge in [-0.3, -0.25) is 10.1 Å². The fourth-order valence-electron chi connectivity index (χ4n) is 3.18. The number of carbonyl (C=O) groups excluding carboxylic acids is 1. The molecule has 0 radical (unpaired) electrons. The fourth-order valence-corrected chi connectivity index (χ4v) is 3.87. The van der Waals surface area contributed by atoms with Crippen LogP contribution in [-0.2, 0) is 0 Å². The fraction of sp³-hybridized carbons (Fsp3) is 0.238. The molecule has 1 N–H and O–H groups in total. The van der Waals surface area contributed by atoms with Crippen molar-refractivity contribution in [1.29, 1.82) is 0 Å². The van der Waals surface area contributed by atoms with Crippen LogP contribution in [0.4, 0.5) is 5.13 Å². The third kappa shape index (κ3) is 3.95. The molecule has 2 aromatic carbocycles. The zero-order valence-electron chi connectivity index (χ0n) is 16.0. The average molecular weight is 382 g/mol. The summed E-state index contributed by atoms with van der Waals surface area (Å²) in [5.74, 6) is 0.848. The monoisotopic (exact) mass is 382 g/mol. The van der Waals surface area contributed by atoms with Crippen molar-refractivity contribution in [3.63, 3.8) is 0 Å². The second-order valence-corrected chi connectivity index (χ2v) is 7.19. The maximum atomic E-state index is 12.6.